The SMILES string of the molecule is O=C1/C(=C/c2cccc(Br)c2)Oc2cc(OC(=O)C3CC3)ccc21. The first kappa shape index (κ1) is 15.1. The zero-order valence-electron chi connectivity index (χ0n) is 12.6. The molecule has 5 heteroatoms. The van der Waals surface area contributed by atoms with Gasteiger partial charge >= 0.3 is 5.97 Å². The Labute approximate surface area is 147 Å². The third-order valence-corrected chi connectivity index (χ3v) is 4.41. The summed E-state index contributed by atoms with van der Waals surface area (Å²) in [6, 6.07) is 12.4. The minimum absolute atomic E-state index is 0.0211. The molecule has 0 bridgehead atoms. The molecule has 1 heterocycles. The molecule has 0 atom stereocenters. The molecule has 24 heavy (non-hydrogen) atoms. The molecule has 2 aromatic carbocycles. The van der Waals surface area contributed by atoms with Gasteiger partial charge in [0.25, 0.3) is 0 Å². The fourth-order valence-electron chi connectivity index (χ4n) is 2.50. The van der Waals surface area contributed by atoms with Crippen LogP contribution in [0.5, 0.6) is 11.5 Å². The average molecular weight is 385 g/mol. The van der Waals surface area contributed by atoms with Crippen LogP contribution >= 0.6 is 15.9 Å². The molecule has 4 nitrogen and oxygen atoms in total. The second-order valence-electron chi connectivity index (χ2n) is 5.85. The van der Waals surface area contributed by atoms with Crippen molar-refractivity contribution in [2.75, 3.05) is 0 Å². The van der Waals surface area contributed by atoms with Crippen LogP contribution < -0.4 is 9.47 Å². The predicted molar refractivity (Wildman–Crippen MR) is 91.9 cm³/mol. The smallest absolute Gasteiger partial charge is 0.314 e. The number of hydrogen-bond donors (Lipinski definition) is 0. The maximum atomic E-state index is 12.4. The van der Waals surface area contributed by atoms with Gasteiger partial charge in [-0.25, -0.2) is 0 Å². The molecule has 0 spiro atoms. The molecule has 0 radical (unpaired) electrons. The van der Waals surface area contributed by atoms with Gasteiger partial charge in [-0.3, -0.25) is 9.59 Å². The number of carbonyl (C=O) groups excluding carboxylic acids is 2. The number of rotatable bonds is 3. The van der Waals surface area contributed by atoms with Gasteiger partial charge in [0.05, 0.1) is 11.5 Å². The lowest BCUT2D eigenvalue weighted by Crippen LogP contribution is -2.09. The molecule has 0 unspecified atom stereocenters. The highest BCUT2D eigenvalue weighted by molar-refractivity contribution is 9.10. The van der Waals surface area contributed by atoms with Crippen LogP contribution in [0.4, 0.5) is 0 Å². The Morgan fingerprint density at radius 2 is 2.04 bits per heavy atom. The molecule has 1 fully saturated rings. The van der Waals surface area contributed by atoms with E-state index in [2.05, 4.69) is 15.9 Å². The van der Waals surface area contributed by atoms with Crippen molar-refractivity contribution in [1.82, 2.24) is 0 Å². The molecule has 120 valence electrons. The van der Waals surface area contributed by atoms with Gasteiger partial charge in [-0.05, 0) is 48.7 Å². The summed E-state index contributed by atoms with van der Waals surface area (Å²) in [6.07, 6.45) is 3.47. The first-order chi connectivity index (χ1) is 11.6. The second-order valence-corrected chi connectivity index (χ2v) is 6.76. The van der Waals surface area contributed by atoms with E-state index >= 15 is 0 Å². The van der Waals surface area contributed by atoms with Crippen molar-refractivity contribution < 1.29 is 19.1 Å². The molecule has 0 saturated heterocycles. The molecule has 2 aliphatic rings. The van der Waals surface area contributed by atoms with Gasteiger partial charge < -0.3 is 9.47 Å². The number of esters is 1. The molecule has 1 aliphatic carbocycles. The predicted octanol–water partition coefficient (Wildman–Crippen LogP) is 4.38. The first-order valence-electron chi connectivity index (χ1n) is 7.66. The summed E-state index contributed by atoms with van der Waals surface area (Å²) in [5, 5.41) is 0. The number of benzene rings is 2. The summed E-state index contributed by atoms with van der Waals surface area (Å²) in [5.74, 6) is 0.709. The largest absolute Gasteiger partial charge is 0.452 e. The Morgan fingerprint density at radius 3 is 2.79 bits per heavy atom. The van der Waals surface area contributed by atoms with Crippen LogP contribution in [-0.2, 0) is 4.79 Å². The number of hydrogen-bond acceptors (Lipinski definition) is 4. The van der Waals surface area contributed by atoms with Crippen molar-refractivity contribution in [2.24, 2.45) is 5.92 Å². The van der Waals surface area contributed by atoms with Crippen LogP contribution in [0.25, 0.3) is 6.08 Å². The van der Waals surface area contributed by atoms with Crippen LogP contribution in [-0.4, -0.2) is 11.8 Å². The Kier molecular flexibility index (Phi) is 3.73. The molecule has 0 N–H and O–H groups in total. The van der Waals surface area contributed by atoms with E-state index in [0.717, 1.165) is 22.9 Å². The number of ether oxygens (including phenoxy) is 2. The summed E-state index contributed by atoms with van der Waals surface area (Å²) in [4.78, 5) is 24.2. The first-order valence-corrected chi connectivity index (χ1v) is 8.45. The van der Waals surface area contributed by atoms with E-state index in [9.17, 15) is 9.59 Å². The molecule has 1 saturated carbocycles. The van der Waals surface area contributed by atoms with Gasteiger partial charge in [-0.2, -0.15) is 0 Å². The molecule has 1 aliphatic heterocycles. The van der Waals surface area contributed by atoms with Crippen molar-refractivity contribution >= 4 is 33.8 Å². The standard InChI is InChI=1S/C19H13BrO4/c20-13-3-1-2-11(8-13)9-17-18(21)15-7-6-14(10-16(15)24-17)23-19(22)12-4-5-12/h1-3,6-10,12H,4-5H2/b17-9-. The summed E-state index contributed by atoms with van der Waals surface area (Å²) in [7, 11) is 0. The van der Waals surface area contributed by atoms with Crippen molar-refractivity contribution in [3.63, 3.8) is 0 Å². The number of halogens is 1. The van der Waals surface area contributed by atoms with E-state index < -0.39 is 0 Å². The molecular weight excluding hydrogens is 372 g/mol. The Morgan fingerprint density at radius 1 is 1.21 bits per heavy atom. The number of allylic oxidation sites excluding steroid dienone is 1. The van der Waals surface area contributed by atoms with E-state index in [-0.39, 0.29) is 23.4 Å². The van der Waals surface area contributed by atoms with Crippen LogP contribution in [0.1, 0.15) is 28.8 Å². The van der Waals surface area contributed by atoms with Gasteiger partial charge in [-0.1, -0.05) is 28.1 Å². The molecule has 0 aromatic heterocycles. The van der Waals surface area contributed by atoms with Crippen LogP contribution in [0.15, 0.2) is 52.7 Å². The number of Topliss-reactive ketones (excluding diaryl/α,β-unsaturated/α-hetero) is 1. The monoisotopic (exact) mass is 384 g/mol. The van der Waals surface area contributed by atoms with E-state index in [1.807, 2.05) is 24.3 Å². The third kappa shape index (κ3) is 2.99. The minimum atomic E-state index is -0.218. The van der Waals surface area contributed by atoms with Gasteiger partial charge in [0, 0.05) is 10.5 Å². The molecule has 2 aromatic rings. The second kappa shape index (κ2) is 5.91. The van der Waals surface area contributed by atoms with Gasteiger partial charge in [-0.15, -0.1) is 0 Å². The maximum Gasteiger partial charge on any atom is 0.314 e. The van der Waals surface area contributed by atoms with Gasteiger partial charge in [0.2, 0.25) is 5.78 Å². The summed E-state index contributed by atoms with van der Waals surface area (Å²) < 4.78 is 11.9. The van der Waals surface area contributed by atoms with E-state index in [1.54, 1.807) is 24.3 Å². The highest BCUT2D eigenvalue weighted by Crippen LogP contribution is 2.36. The van der Waals surface area contributed by atoms with Crippen molar-refractivity contribution in [3.8, 4) is 11.5 Å². The van der Waals surface area contributed by atoms with E-state index in [0.29, 0.717) is 17.1 Å². The lowest BCUT2D eigenvalue weighted by atomic mass is 10.1. The summed E-state index contributed by atoms with van der Waals surface area (Å²) in [6.45, 7) is 0. The van der Waals surface area contributed by atoms with Crippen LogP contribution in [0.3, 0.4) is 0 Å². The van der Waals surface area contributed by atoms with Crippen LogP contribution in [0, 0.1) is 5.92 Å². The van der Waals surface area contributed by atoms with Crippen molar-refractivity contribution in [3.05, 3.63) is 63.8 Å². The Balaban J connectivity index is 1.58. The Bertz CT molecular complexity index is 881. The van der Waals surface area contributed by atoms with Gasteiger partial charge in [0.15, 0.2) is 5.76 Å². The van der Waals surface area contributed by atoms with E-state index in [1.165, 1.54) is 0 Å². The zero-order chi connectivity index (χ0) is 16.7. The molecular formula is C19H13BrO4. The third-order valence-electron chi connectivity index (χ3n) is 3.92. The van der Waals surface area contributed by atoms with E-state index in [4.69, 9.17) is 9.47 Å². The number of ketones is 1. The average Bonchev–Trinajstić information content (AvgIpc) is 3.35. The fraction of sp³-hybridized carbons (Fsp3) is 0.158. The maximum absolute atomic E-state index is 12.4. The lowest BCUT2D eigenvalue weighted by Gasteiger charge is -2.04. The van der Waals surface area contributed by atoms with Crippen LogP contribution in [0.2, 0.25) is 0 Å². The lowest BCUT2D eigenvalue weighted by molar-refractivity contribution is -0.135. The van der Waals surface area contributed by atoms with Gasteiger partial charge in [0.1, 0.15) is 11.5 Å². The highest BCUT2D eigenvalue weighted by Gasteiger charge is 2.32. The normalized spacial score (nSPS) is 17.5. The summed E-state index contributed by atoms with van der Waals surface area (Å²) >= 11 is 3.40. The minimum Gasteiger partial charge on any atom is -0.452 e. The highest BCUT2D eigenvalue weighted by atomic mass is 79.9. The Hall–Kier alpha value is -2.40. The molecule has 0 amide bonds. The summed E-state index contributed by atoms with van der Waals surface area (Å²) in [5.41, 5.74) is 1.34. The molecule has 4 rings (SSSR count). The van der Waals surface area contributed by atoms with Crippen molar-refractivity contribution in [2.45, 2.75) is 12.8 Å². The number of carbonyl (C=O) groups is 2. The fourth-order valence-corrected chi connectivity index (χ4v) is 2.91. The number of fused-ring (bicyclic) bond motifs is 1. The van der Waals surface area contributed by atoms with Crippen molar-refractivity contribution in [1.29, 1.82) is 0 Å². The zero-order valence-corrected chi connectivity index (χ0v) is 14.2. The topological polar surface area (TPSA) is 52.6 Å². The quantitative estimate of drug-likeness (QED) is 0.447.